The Morgan fingerprint density at radius 3 is 2.88 bits per heavy atom. The fourth-order valence-electron chi connectivity index (χ4n) is 2.37. The fourth-order valence-corrected chi connectivity index (χ4v) is 2.37. The summed E-state index contributed by atoms with van der Waals surface area (Å²) in [5.41, 5.74) is 1.39. The van der Waals surface area contributed by atoms with Crippen LogP contribution in [0.3, 0.4) is 0 Å². The molecular weight excluding hydrogens is 198 g/mol. The third-order valence-corrected chi connectivity index (χ3v) is 3.39. The van der Waals surface area contributed by atoms with Crippen molar-refractivity contribution in [2.45, 2.75) is 25.8 Å². The largest absolute Gasteiger partial charge is 0.315 e. The van der Waals surface area contributed by atoms with Crippen molar-refractivity contribution in [3.63, 3.8) is 0 Å². The first-order chi connectivity index (χ1) is 7.90. The van der Waals surface area contributed by atoms with Gasteiger partial charge in [0.05, 0.1) is 0 Å². The second-order valence-corrected chi connectivity index (χ2v) is 4.38. The topological polar surface area (TPSA) is 28.2 Å². The maximum absolute atomic E-state index is 4.05. The monoisotopic (exact) mass is 219 g/mol. The maximum atomic E-state index is 4.05. The highest BCUT2D eigenvalue weighted by atomic mass is 15.2. The van der Waals surface area contributed by atoms with Crippen LogP contribution in [0.4, 0.5) is 0 Å². The van der Waals surface area contributed by atoms with Crippen LogP contribution in [0.5, 0.6) is 0 Å². The summed E-state index contributed by atoms with van der Waals surface area (Å²) in [6.07, 6.45) is 6.18. The summed E-state index contributed by atoms with van der Waals surface area (Å²) in [6, 6.07) is 4.97. The second-order valence-electron chi connectivity index (χ2n) is 4.38. The van der Waals surface area contributed by atoms with E-state index < -0.39 is 0 Å². The van der Waals surface area contributed by atoms with Crippen LogP contribution >= 0.6 is 0 Å². The molecule has 0 spiro atoms. The Kier molecular flexibility index (Phi) is 4.31. The molecule has 1 fully saturated rings. The van der Waals surface area contributed by atoms with Crippen molar-refractivity contribution >= 4 is 0 Å². The Hall–Kier alpha value is -0.930. The van der Waals surface area contributed by atoms with E-state index in [1.54, 1.807) is 0 Å². The summed E-state index contributed by atoms with van der Waals surface area (Å²) in [5, 5.41) is 3.43. The number of likely N-dealkylation sites (N-methyl/N-ethyl adjacent to an activating group) is 1. The molecule has 1 aliphatic heterocycles. The first kappa shape index (κ1) is 11.6. The maximum Gasteiger partial charge on any atom is 0.0270 e. The second kappa shape index (κ2) is 5.97. The molecule has 1 atom stereocenters. The number of pyridine rings is 1. The van der Waals surface area contributed by atoms with Crippen LogP contribution in [0.25, 0.3) is 0 Å². The van der Waals surface area contributed by atoms with Crippen LogP contribution < -0.4 is 5.32 Å². The molecule has 0 bridgehead atoms. The van der Waals surface area contributed by atoms with E-state index in [1.807, 2.05) is 12.4 Å². The van der Waals surface area contributed by atoms with Gasteiger partial charge >= 0.3 is 0 Å². The number of rotatable bonds is 5. The van der Waals surface area contributed by atoms with Crippen molar-refractivity contribution in [3.8, 4) is 0 Å². The molecule has 2 heterocycles. The molecule has 88 valence electrons. The summed E-state index contributed by atoms with van der Waals surface area (Å²) >= 11 is 0. The number of hydrogen-bond donors (Lipinski definition) is 1. The van der Waals surface area contributed by atoms with Gasteiger partial charge in [-0.2, -0.15) is 0 Å². The van der Waals surface area contributed by atoms with Gasteiger partial charge in [-0.25, -0.2) is 0 Å². The highest BCUT2D eigenvalue weighted by molar-refractivity contribution is 5.10. The minimum absolute atomic E-state index is 0.742. The van der Waals surface area contributed by atoms with Crippen LogP contribution in [0, 0.1) is 0 Å². The standard InChI is InChI=1S/C13H21N3/c1-2-16(13-5-9-15-11-13)10-6-12-3-7-14-8-4-12/h3-4,7-8,13,15H,2,5-6,9-11H2,1H3. The molecule has 1 unspecified atom stereocenters. The van der Waals surface area contributed by atoms with Gasteiger partial charge in [0.2, 0.25) is 0 Å². The molecule has 0 saturated carbocycles. The lowest BCUT2D eigenvalue weighted by Gasteiger charge is -2.26. The number of nitrogens with zero attached hydrogens (tertiary/aromatic N) is 2. The van der Waals surface area contributed by atoms with E-state index in [0.29, 0.717) is 0 Å². The summed E-state index contributed by atoms with van der Waals surface area (Å²) in [6.45, 7) is 6.90. The molecule has 0 aliphatic carbocycles. The van der Waals surface area contributed by atoms with Gasteiger partial charge in [0.15, 0.2) is 0 Å². The van der Waals surface area contributed by atoms with Gasteiger partial charge in [-0.1, -0.05) is 6.92 Å². The number of nitrogens with one attached hydrogen (secondary N) is 1. The van der Waals surface area contributed by atoms with Crippen LogP contribution in [0.2, 0.25) is 0 Å². The SMILES string of the molecule is CCN(CCc1ccncc1)C1CCNC1. The Morgan fingerprint density at radius 2 is 2.25 bits per heavy atom. The smallest absolute Gasteiger partial charge is 0.0270 e. The van der Waals surface area contributed by atoms with Crippen molar-refractivity contribution in [3.05, 3.63) is 30.1 Å². The average Bonchev–Trinajstić information content (AvgIpc) is 2.85. The highest BCUT2D eigenvalue weighted by Gasteiger charge is 2.20. The van der Waals surface area contributed by atoms with Crippen molar-refractivity contribution < 1.29 is 0 Å². The van der Waals surface area contributed by atoms with Crippen LogP contribution in [-0.2, 0) is 6.42 Å². The zero-order valence-corrected chi connectivity index (χ0v) is 10.0. The fraction of sp³-hybridized carbons (Fsp3) is 0.615. The van der Waals surface area contributed by atoms with Crippen molar-refractivity contribution in [1.82, 2.24) is 15.2 Å². The van der Waals surface area contributed by atoms with Gasteiger partial charge in [0.25, 0.3) is 0 Å². The van der Waals surface area contributed by atoms with Gasteiger partial charge in [-0.15, -0.1) is 0 Å². The number of aromatic nitrogens is 1. The summed E-state index contributed by atoms with van der Waals surface area (Å²) in [5.74, 6) is 0. The molecule has 0 amide bonds. The zero-order valence-electron chi connectivity index (χ0n) is 10.0. The Balaban J connectivity index is 1.83. The van der Waals surface area contributed by atoms with Gasteiger partial charge in [-0.3, -0.25) is 9.88 Å². The Morgan fingerprint density at radius 1 is 1.44 bits per heavy atom. The van der Waals surface area contributed by atoms with Gasteiger partial charge in [0.1, 0.15) is 0 Å². The predicted molar refractivity (Wildman–Crippen MR) is 66.5 cm³/mol. The molecule has 3 nitrogen and oxygen atoms in total. The zero-order chi connectivity index (χ0) is 11.2. The van der Waals surface area contributed by atoms with E-state index in [1.165, 1.54) is 18.5 Å². The summed E-state index contributed by atoms with van der Waals surface area (Å²) in [4.78, 5) is 6.63. The van der Waals surface area contributed by atoms with E-state index in [0.717, 1.165) is 32.1 Å². The van der Waals surface area contributed by atoms with E-state index in [4.69, 9.17) is 0 Å². The molecule has 2 rings (SSSR count). The van der Waals surface area contributed by atoms with E-state index in [-0.39, 0.29) is 0 Å². The predicted octanol–water partition coefficient (Wildman–Crippen LogP) is 1.31. The van der Waals surface area contributed by atoms with Crippen molar-refractivity contribution in [1.29, 1.82) is 0 Å². The lowest BCUT2D eigenvalue weighted by molar-refractivity contribution is 0.222. The normalized spacial score (nSPS) is 20.5. The van der Waals surface area contributed by atoms with Crippen molar-refractivity contribution in [2.75, 3.05) is 26.2 Å². The molecule has 1 aliphatic rings. The Bertz CT molecular complexity index is 293. The van der Waals surface area contributed by atoms with Gasteiger partial charge in [0, 0.05) is 31.5 Å². The Labute approximate surface area is 97.9 Å². The third-order valence-electron chi connectivity index (χ3n) is 3.39. The lowest BCUT2D eigenvalue weighted by atomic mass is 10.1. The molecule has 3 heteroatoms. The van der Waals surface area contributed by atoms with Crippen molar-refractivity contribution in [2.24, 2.45) is 0 Å². The minimum Gasteiger partial charge on any atom is -0.315 e. The quantitative estimate of drug-likeness (QED) is 0.809. The van der Waals surface area contributed by atoms with E-state index >= 15 is 0 Å². The van der Waals surface area contributed by atoms with Gasteiger partial charge in [-0.05, 0) is 43.6 Å². The minimum atomic E-state index is 0.742. The molecular formula is C13H21N3. The molecule has 1 aromatic heterocycles. The first-order valence-electron chi connectivity index (χ1n) is 6.24. The molecule has 1 N–H and O–H groups in total. The molecule has 0 radical (unpaired) electrons. The van der Waals surface area contributed by atoms with E-state index in [2.05, 4.69) is 34.3 Å². The average molecular weight is 219 g/mol. The molecule has 16 heavy (non-hydrogen) atoms. The third kappa shape index (κ3) is 3.03. The van der Waals surface area contributed by atoms with Gasteiger partial charge < -0.3 is 5.32 Å². The van der Waals surface area contributed by atoms with Crippen LogP contribution in [-0.4, -0.2) is 42.1 Å². The van der Waals surface area contributed by atoms with E-state index in [9.17, 15) is 0 Å². The summed E-state index contributed by atoms with van der Waals surface area (Å²) < 4.78 is 0. The lowest BCUT2D eigenvalue weighted by Crippen LogP contribution is -2.38. The van der Waals surface area contributed by atoms with Crippen LogP contribution in [0.15, 0.2) is 24.5 Å². The first-order valence-corrected chi connectivity index (χ1v) is 6.24. The highest BCUT2D eigenvalue weighted by Crippen LogP contribution is 2.09. The molecule has 1 aromatic rings. The number of hydrogen-bond acceptors (Lipinski definition) is 3. The molecule has 0 aromatic carbocycles. The summed E-state index contributed by atoms with van der Waals surface area (Å²) in [7, 11) is 0. The molecule has 1 saturated heterocycles. The van der Waals surface area contributed by atoms with Crippen LogP contribution in [0.1, 0.15) is 18.9 Å².